The van der Waals surface area contributed by atoms with Crippen LogP contribution in [0.3, 0.4) is 0 Å². The summed E-state index contributed by atoms with van der Waals surface area (Å²) in [5, 5.41) is 7.30. The Morgan fingerprint density at radius 1 is 1.17 bits per heavy atom. The molecule has 0 aliphatic rings. The Hall–Kier alpha value is -2.64. The first-order chi connectivity index (χ1) is 11.3. The largest absolute Gasteiger partial charge is 0.360 e. The van der Waals surface area contributed by atoms with Crippen LogP contribution in [0, 0.1) is 0 Å². The highest BCUT2D eigenvalue weighted by Gasteiger charge is 2.16. The number of hydrogen-bond donors (Lipinski definition) is 2. The first kappa shape index (κ1) is 14.0. The molecular weight excluding hydrogens is 328 g/mol. The molecule has 0 spiro atoms. The van der Waals surface area contributed by atoms with Crippen molar-refractivity contribution >= 4 is 33.7 Å². The topological polar surface area (TPSA) is 62.7 Å². The third-order valence-corrected chi connectivity index (χ3v) is 4.99. The van der Waals surface area contributed by atoms with Gasteiger partial charge in [0, 0.05) is 24.0 Å². The van der Waals surface area contributed by atoms with E-state index >= 15 is 0 Å². The second kappa shape index (κ2) is 5.86. The number of rotatable bonds is 4. The quantitative estimate of drug-likeness (QED) is 0.583. The number of carbonyl (C=O) groups excluding carboxylic acids is 1. The van der Waals surface area contributed by atoms with Gasteiger partial charge in [-0.25, -0.2) is 4.98 Å². The third-order valence-electron chi connectivity index (χ3n) is 3.33. The molecule has 0 radical (unpaired) electrons. The second-order valence-corrected chi connectivity index (χ2v) is 6.58. The van der Waals surface area contributed by atoms with E-state index in [-0.39, 0.29) is 5.91 Å². The Morgan fingerprint density at radius 2 is 2.04 bits per heavy atom. The molecule has 0 aromatic carbocycles. The maximum atomic E-state index is 12.5. The average molecular weight is 340 g/mol. The summed E-state index contributed by atoms with van der Waals surface area (Å²) in [5.74, 6) is -0.143. The molecule has 0 fully saturated rings. The standard InChI is InChI=1S/C16H12N4OS2/c21-15(14-13(5-9-22-14)20-7-1-2-8-20)19-16-18-12(10-23-16)11-4-3-6-17-11/h1-10,17H,(H,18,19,21). The molecule has 0 aliphatic heterocycles. The first-order valence-electron chi connectivity index (χ1n) is 6.93. The molecule has 4 aromatic rings. The lowest BCUT2D eigenvalue weighted by Crippen LogP contribution is -2.12. The number of nitrogens with zero attached hydrogens (tertiary/aromatic N) is 2. The summed E-state index contributed by atoms with van der Waals surface area (Å²) in [6.45, 7) is 0. The van der Waals surface area contributed by atoms with Crippen molar-refractivity contribution in [1.29, 1.82) is 0 Å². The van der Waals surface area contributed by atoms with E-state index in [1.54, 1.807) is 0 Å². The zero-order valence-corrected chi connectivity index (χ0v) is 13.5. The van der Waals surface area contributed by atoms with Gasteiger partial charge in [0.15, 0.2) is 5.13 Å². The lowest BCUT2D eigenvalue weighted by molar-refractivity contribution is 0.103. The van der Waals surface area contributed by atoms with Crippen LogP contribution in [0.5, 0.6) is 0 Å². The van der Waals surface area contributed by atoms with Crippen LogP contribution in [0.2, 0.25) is 0 Å². The van der Waals surface area contributed by atoms with Gasteiger partial charge < -0.3 is 9.55 Å². The molecule has 114 valence electrons. The normalized spacial score (nSPS) is 10.8. The number of carbonyl (C=O) groups is 1. The van der Waals surface area contributed by atoms with Crippen molar-refractivity contribution in [3.05, 3.63) is 64.6 Å². The van der Waals surface area contributed by atoms with Crippen LogP contribution >= 0.6 is 22.7 Å². The van der Waals surface area contributed by atoms with Crippen molar-refractivity contribution in [2.24, 2.45) is 0 Å². The van der Waals surface area contributed by atoms with Gasteiger partial charge in [-0.05, 0) is 35.7 Å². The molecule has 0 unspecified atom stereocenters. The summed E-state index contributed by atoms with van der Waals surface area (Å²) in [4.78, 5) is 20.8. The molecule has 4 aromatic heterocycles. The molecule has 2 N–H and O–H groups in total. The first-order valence-corrected chi connectivity index (χ1v) is 8.69. The highest BCUT2D eigenvalue weighted by atomic mass is 32.1. The molecule has 4 heterocycles. The monoisotopic (exact) mass is 340 g/mol. The summed E-state index contributed by atoms with van der Waals surface area (Å²) in [7, 11) is 0. The predicted octanol–water partition coefficient (Wildman–Crippen LogP) is 4.24. The van der Waals surface area contributed by atoms with E-state index < -0.39 is 0 Å². The Bertz CT molecular complexity index is 919. The molecule has 1 amide bonds. The van der Waals surface area contributed by atoms with Gasteiger partial charge in [0.2, 0.25) is 0 Å². The maximum absolute atomic E-state index is 12.5. The van der Waals surface area contributed by atoms with Gasteiger partial charge in [-0.3, -0.25) is 10.1 Å². The van der Waals surface area contributed by atoms with Crippen molar-refractivity contribution in [2.45, 2.75) is 0 Å². The van der Waals surface area contributed by atoms with Crippen molar-refractivity contribution in [3.63, 3.8) is 0 Å². The van der Waals surface area contributed by atoms with Crippen molar-refractivity contribution in [3.8, 4) is 17.1 Å². The van der Waals surface area contributed by atoms with Gasteiger partial charge in [0.25, 0.3) is 5.91 Å². The summed E-state index contributed by atoms with van der Waals surface area (Å²) >= 11 is 2.83. The van der Waals surface area contributed by atoms with Crippen molar-refractivity contribution in [2.75, 3.05) is 5.32 Å². The minimum absolute atomic E-state index is 0.143. The van der Waals surface area contributed by atoms with Crippen LogP contribution in [0.25, 0.3) is 17.1 Å². The number of anilines is 1. The lowest BCUT2D eigenvalue weighted by atomic mass is 10.3. The van der Waals surface area contributed by atoms with Gasteiger partial charge in [-0.15, -0.1) is 22.7 Å². The van der Waals surface area contributed by atoms with E-state index in [1.165, 1.54) is 22.7 Å². The molecule has 0 atom stereocenters. The number of hydrogen-bond acceptors (Lipinski definition) is 4. The minimum Gasteiger partial charge on any atom is -0.360 e. The van der Waals surface area contributed by atoms with Crippen LogP contribution in [0.4, 0.5) is 5.13 Å². The molecule has 0 bridgehead atoms. The molecule has 0 aliphatic carbocycles. The number of aromatic amines is 1. The van der Waals surface area contributed by atoms with Crippen molar-refractivity contribution < 1.29 is 4.79 Å². The second-order valence-electron chi connectivity index (χ2n) is 4.80. The van der Waals surface area contributed by atoms with Crippen LogP contribution in [-0.4, -0.2) is 20.4 Å². The summed E-state index contributed by atoms with van der Waals surface area (Å²) in [6.07, 6.45) is 5.69. The van der Waals surface area contributed by atoms with E-state index in [4.69, 9.17) is 0 Å². The zero-order valence-electron chi connectivity index (χ0n) is 11.9. The third kappa shape index (κ3) is 2.71. The molecule has 23 heavy (non-hydrogen) atoms. The maximum Gasteiger partial charge on any atom is 0.269 e. The van der Waals surface area contributed by atoms with Crippen LogP contribution in [0.1, 0.15) is 9.67 Å². The predicted molar refractivity (Wildman–Crippen MR) is 93.5 cm³/mol. The summed E-state index contributed by atoms with van der Waals surface area (Å²) < 4.78 is 1.93. The fraction of sp³-hybridized carbons (Fsp3) is 0. The van der Waals surface area contributed by atoms with E-state index in [2.05, 4.69) is 15.3 Å². The van der Waals surface area contributed by atoms with Crippen LogP contribution in [-0.2, 0) is 0 Å². The number of H-pyrrole nitrogens is 1. The van der Waals surface area contributed by atoms with E-state index in [1.807, 2.05) is 64.2 Å². The summed E-state index contributed by atoms with van der Waals surface area (Å²) in [6, 6.07) is 9.67. The lowest BCUT2D eigenvalue weighted by Gasteiger charge is -2.04. The molecule has 4 rings (SSSR count). The van der Waals surface area contributed by atoms with E-state index in [0.29, 0.717) is 10.0 Å². The highest BCUT2D eigenvalue weighted by molar-refractivity contribution is 7.15. The number of amides is 1. The molecule has 5 nitrogen and oxygen atoms in total. The van der Waals surface area contributed by atoms with Crippen molar-refractivity contribution in [1.82, 2.24) is 14.5 Å². The van der Waals surface area contributed by atoms with Gasteiger partial charge in [0.1, 0.15) is 4.88 Å². The Kier molecular flexibility index (Phi) is 3.57. The highest BCUT2D eigenvalue weighted by Crippen LogP contribution is 2.26. The van der Waals surface area contributed by atoms with E-state index in [0.717, 1.165) is 17.1 Å². The fourth-order valence-electron chi connectivity index (χ4n) is 2.27. The number of thiazole rings is 1. The van der Waals surface area contributed by atoms with E-state index in [9.17, 15) is 4.79 Å². The molecule has 7 heteroatoms. The Labute approximate surface area is 140 Å². The van der Waals surface area contributed by atoms with Gasteiger partial charge in [0.05, 0.1) is 17.1 Å². The Balaban J connectivity index is 1.56. The molecule has 0 saturated heterocycles. The number of thiophene rings is 1. The summed E-state index contributed by atoms with van der Waals surface area (Å²) in [5.41, 5.74) is 2.64. The van der Waals surface area contributed by atoms with Gasteiger partial charge >= 0.3 is 0 Å². The molecule has 0 saturated carbocycles. The Morgan fingerprint density at radius 3 is 2.83 bits per heavy atom. The van der Waals surface area contributed by atoms with Crippen LogP contribution in [0.15, 0.2) is 59.7 Å². The van der Waals surface area contributed by atoms with Crippen LogP contribution < -0.4 is 5.32 Å². The van der Waals surface area contributed by atoms with Gasteiger partial charge in [-0.1, -0.05) is 0 Å². The minimum atomic E-state index is -0.143. The number of nitrogens with one attached hydrogen (secondary N) is 2. The zero-order chi connectivity index (χ0) is 15.6. The van der Waals surface area contributed by atoms with Gasteiger partial charge in [-0.2, -0.15) is 0 Å². The average Bonchev–Trinajstić information content (AvgIpc) is 3.30. The molecular formula is C16H12N4OS2. The fourth-order valence-corrected chi connectivity index (χ4v) is 3.76. The SMILES string of the molecule is O=C(Nc1nc(-c2ccc[nH]2)cs1)c1sccc1-n1cccc1. The number of aromatic nitrogens is 3. The smallest absolute Gasteiger partial charge is 0.269 e.